The lowest BCUT2D eigenvalue weighted by atomic mass is 10.0. The zero-order chi connectivity index (χ0) is 14.4. The lowest BCUT2D eigenvalue weighted by Gasteiger charge is -2.16. The van der Waals surface area contributed by atoms with Gasteiger partial charge in [0.1, 0.15) is 12.4 Å². The minimum absolute atomic E-state index is 0.153. The van der Waals surface area contributed by atoms with Crippen molar-refractivity contribution in [2.75, 3.05) is 0 Å². The summed E-state index contributed by atoms with van der Waals surface area (Å²) in [5, 5.41) is 17.9. The maximum Gasteiger partial charge on any atom is 0.326 e. The molecule has 0 bridgehead atoms. The van der Waals surface area contributed by atoms with Crippen LogP contribution in [-0.4, -0.2) is 37.9 Å². The summed E-state index contributed by atoms with van der Waals surface area (Å²) in [4.78, 5) is 26.5. The van der Waals surface area contributed by atoms with Crippen LogP contribution in [0.25, 0.3) is 0 Å². The second kappa shape index (κ2) is 6.72. The van der Waals surface area contributed by atoms with E-state index in [-0.39, 0.29) is 12.5 Å². The van der Waals surface area contributed by atoms with Gasteiger partial charge in [0.15, 0.2) is 5.82 Å². The third-order valence-electron chi connectivity index (χ3n) is 2.36. The van der Waals surface area contributed by atoms with Gasteiger partial charge in [0, 0.05) is 7.05 Å². The van der Waals surface area contributed by atoms with Gasteiger partial charge in [-0.3, -0.25) is 4.68 Å². The summed E-state index contributed by atoms with van der Waals surface area (Å²) in [6, 6.07) is -1.43. The fraction of sp³-hybridized carbons (Fsp3) is 0.636. The van der Waals surface area contributed by atoms with E-state index in [9.17, 15) is 9.59 Å². The van der Waals surface area contributed by atoms with Crippen molar-refractivity contribution >= 4 is 12.0 Å². The number of nitrogens with zero attached hydrogens (tertiary/aromatic N) is 3. The van der Waals surface area contributed by atoms with Crippen LogP contribution in [0.1, 0.15) is 26.1 Å². The first kappa shape index (κ1) is 14.9. The molecule has 19 heavy (non-hydrogen) atoms. The zero-order valence-electron chi connectivity index (χ0n) is 11.3. The van der Waals surface area contributed by atoms with Gasteiger partial charge in [-0.15, -0.1) is 0 Å². The van der Waals surface area contributed by atoms with Crippen molar-refractivity contribution in [2.45, 2.75) is 32.9 Å². The summed E-state index contributed by atoms with van der Waals surface area (Å²) in [5.74, 6) is -0.396. The Labute approximate surface area is 111 Å². The molecule has 3 N–H and O–H groups in total. The molecule has 0 fully saturated rings. The van der Waals surface area contributed by atoms with Crippen molar-refractivity contribution in [3.8, 4) is 0 Å². The van der Waals surface area contributed by atoms with E-state index in [0.29, 0.717) is 12.2 Å². The van der Waals surface area contributed by atoms with Gasteiger partial charge in [-0.05, 0) is 12.3 Å². The van der Waals surface area contributed by atoms with Crippen molar-refractivity contribution in [1.29, 1.82) is 0 Å². The number of aliphatic carboxylic acids is 1. The van der Waals surface area contributed by atoms with Crippen LogP contribution in [0.5, 0.6) is 0 Å². The van der Waals surface area contributed by atoms with Gasteiger partial charge in [0.2, 0.25) is 0 Å². The maximum absolute atomic E-state index is 11.6. The van der Waals surface area contributed by atoms with E-state index >= 15 is 0 Å². The third-order valence-corrected chi connectivity index (χ3v) is 2.36. The number of hydrogen-bond acceptors (Lipinski definition) is 4. The summed E-state index contributed by atoms with van der Waals surface area (Å²) >= 11 is 0. The molecule has 0 aromatic carbocycles. The normalized spacial score (nSPS) is 12.2. The van der Waals surface area contributed by atoms with E-state index in [1.54, 1.807) is 7.05 Å². The van der Waals surface area contributed by atoms with Crippen LogP contribution < -0.4 is 10.6 Å². The van der Waals surface area contributed by atoms with Crippen molar-refractivity contribution < 1.29 is 14.7 Å². The summed E-state index contributed by atoms with van der Waals surface area (Å²) in [6.45, 7) is 3.95. The van der Waals surface area contributed by atoms with Crippen LogP contribution in [0.15, 0.2) is 6.33 Å². The molecule has 0 saturated carbocycles. The van der Waals surface area contributed by atoms with E-state index in [0.717, 1.165) is 0 Å². The van der Waals surface area contributed by atoms with Crippen molar-refractivity contribution in [1.82, 2.24) is 25.4 Å². The predicted octanol–water partition coefficient (Wildman–Crippen LogP) is 0.114. The number of carboxylic acid groups (broad SMARTS) is 1. The predicted molar refractivity (Wildman–Crippen MR) is 67.3 cm³/mol. The van der Waals surface area contributed by atoms with Crippen molar-refractivity contribution in [2.24, 2.45) is 13.0 Å². The van der Waals surface area contributed by atoms with Gasteiger partial charge in [-0.1, -0.05) is 13.8 Å². The van der Waals surface area contributed by atoms with Gasteiger partial charge in [0.25, 0.3) is 0 Å². The largest absolute Gasteiger partial charge is 0.480 e. The van der Waals surface area contributed by atoms with Gasteiger partial charge < -0.3 is 15.7 Å². The number of hydrogen-bond donors (Lipinski definition) is 3. The smallest absolute Gasteiger partial charge is 0.326 e. The van der Waals surface area contributed by atoms with Gasteiger partial charge in [-0.25, -0.2) is 14.6 Å². The van der Waals surface area contributed by atoms with Crippen LogP contribution in [0.4, 0.5) is 4.79 Å². The highest BCUT2D eigenvalue weighted by atomic mass is 16.4. The second-order valence-electron chi connectivity index (χ2n) is 4.68. The fourth-order valence-corrected chi connectivity index (χ4v) is 1.53. The van der Waals surface area contributed by atoms with Gasteiger partial charge in [0.05, 0.1) is 6.54 Å². The van der Waals surface area contributed by atoms with Crippen LogP contribution in [0.2, 0.25) is 0 Å². The summed E-state index contributed by atoms with van der Waals surface area (Å²) in [7, 11) is 1.72. The van der Waals surface area contributed by atoms with E-state index in [1.807, 2.05) is 13.8 Å². The number of amides is 2. The Hall–Kier alpha value is -2.12. The van der Waals surface area contributed by atoms with E-state index in [4.69, 9.17) is 5.11 Å². The summed E-state index contributed by atoms with van der Waals surface area (Å²) < 4.78 is 1.52. The molecule has 1 atom stereocenters. The van der Waals surface area contributed by atoms with Crippen molar-refractivity contribution in [3.63, 3.8) is 0 Å². The Morgan fingerprint density at radius 2 is 2.16 bits per heavy atom. The third kappa shape index (κ3) is 5.36. The molecule has 1 aromatic rings. The van der Waals surface area contributed by atoms with E-state index in [1.165, 1.54) is 11.0 Å². The molecule has 1 aromatic heterocycles. The molecule has 1 rings (SSSR count). The Morgan fingerprint density at radius 3 is 2.63 bits per heavy atom. The molecule has 0 radical (unpaired) electrons. The second-order valence-corrected chi connectivity index (χ2v) is 4.68. The van der Waals surface area contributed by atoms with Crippen LogP contribution in [0.3, 0.4) is 0 Å². The molecular formula is C11H19N5O3. The molecule has 8 nitrogen and oxygen atoms in total. The molecule has 106 valence electrons. The number of carboxylic acids is 1. The van der Waals surface area contributed by atoms with Crippen LogP contribution in [-0.2, 0) is 18.4 Å². The first-order chi connectivity index (χ1) is 8.88. The summed E-state index contributed by atoms with van der Waals surface area (Å²) in [5.41, 5.74) is 0. The first-order valence-corrected chi connectivity index (χ1v) is 6.00. The Morgan fingerprint density at radius 1 is 1.47 bits per heavy atom. The summed E-state index contributed by atoms with van der Waals surface area (Å²) in [6.07, 6.45) is 1.90. The van der Waals surface area contributed by atoms with Gasteiger partial charge >= 0.3 is 12.0 Å². The Balaban J connectivity index is 2.42. The number of urea groups is 1. The molecule has 1 heterocycles. The highest BCUT2D eigenvalue weighted by molar-refractivity contribution is 5.82. The van der Waals surface area contributed by atoms with E-state index in [2.05, 4.69) is 20.7 Å². The number of carbonyl (C=O) groups is 2. The SMILES string of the molecule is CC(C)C[C@H](NC(=O)NCc1ncn(C)n1)C(=O)O. The lowest BCUT2D eigenvalue weighted by molar-refractivity contribution is -0.139. The molecule has 8 heteroatoms. The zero-order valence-corrected chi connectivity index (χ0v) is 11.3. The minimum Gasteiger partial charge on any atom is -0.480 e. The van der Waals surface area contributed by atoms with E-state index < -0.39 is 18.0 Å². The quantitative estimate of drug-likeness (QED) is 0.679. The highest BCUT2D eigenvalue weighted by Gasteiger charge is 2.20. The number of carbonyl (C=O) groups excluding carboxylic acids is 1. The highest BCUT2D eigenvalue weighted by Crippen LogP contribution is 2.04. The average Bonchev–Trinajstić information content (AvgIpc) is 2.71. The molecular weight excluding hydrogens is 250 g/mol. The topological polar surface area (TPSA) is 109 Å². The van der Waals surface area contributed by atoms with Crippen LogP contribution in [0, 0.1) is 5.92 Å². The first-order valence-electron chi connectivity index (χ1n) is 6.00. The van der Waals surface area contributed by atoms with Crippen LogP contribution >= 0.6 is 0 Å². The fourth-order valence-electron chi connectivity index (χ4n) is 1.53. The molecule has 2 amide bonds. The number of aryl methyl sites for hydroxylation is 1. The molecule has 0 aliphatic heterocycles. The molecule has 0 aliphatic carbocycles. The molecule has 0 spiro atoms. The minimum atomic E-state index is -1.04. The monoisotopic (exact) mass is 269 g/mol. The number of aromatic nitrogens is 3. The van der Waals surface area contributed by atoms with Gasteiger partial charge in [-0.2, -0.15) is 5.10 Å². The molecule has 0 aliphatic rings. The molecule has 0 unspecified atom stereocenters. The average molecular weight is 269 g/mol. The van der Waals surface area contributed by atoms with Crippen molar-refractivity contribution in [3.05, 3.63) is 12.2 Å². The number of rotatable bonds is 6. The lowest BCUT2D eigenvalue weighted by Crippen LogP contribution is -2.46. The number of nitrogens with one attached hydrogen (secondary N) is 2. The molecule has 0 saturated heterocycles. The maximum atomic E-state index is 11.6. The standard InChI is InChI=1S/C11H19N5O3/c1-7(2)4-8(10(17)18)14-11(19)12-5-9-13-6-16(3)15-9/h6-8H,4-5H2,1-3H3,(H,17,18)(H2,12,14,19)/t8-/m0/s1. The Bertz CT molecular complexity index is 443. The Kier molecular flexibility index (Phi) is 5.28.